The first-order chi connectivity index (χ1) is 7.22. The number of halogens is 1. The van der Waals surface area contributed by atoms with Crippen LogP contribution in [0, 0.1) is 6.92 Å². The molecule has 0 spiro atoms. The van der Waals surface area contributed by atoms with Crippen molar-refractivity contribution in [2.24, 2.45) is 0 Å². The lowest BCUT2D eigenvalue weighted by Crippen LogP contribution is -2.27. The van der Waals surface area contributed by atoms with Crippen LogP contribution in [-0.4, -0.2) is 12.6 Å². The highest BCUT2D eigenvalue weighted by atomic mass is 79.9. The zero-order valence-electron chi connectivity index (χ0n) is 9.46. The summed E-state index contributed by atoms with van der Waals surface area (Å²) in [6.45, 7) is 5.69. The molecular weight excluding hydrogens is 250 g/mol. The molecule has 1 saturated heterocycles. The van der Waals surface area contributed by atoms with Gasteiger partial charge in [0.05, 0.1) is 0 Å². The van der Waals surface area contributed by atoms with E-state index >= 15 is 0 Å². The molecule has 1 unspecified atom stereocenters. The Balaban J connectivity index is 2.34. The maximum Gasteiger partial charge on any atom is 0.0409 e. The van der Waals surface area contributed by atoms with Gasteiger partial charge in [0.1, 0.15) is 0 Å². The summed E-state index contributed by atoms with van der Waals surface area (Å²) in [4.78, 5) is 2.54. The fraction of sp³-hybridized carbons (Fsp3) is 0.538. The van der Waals surface area contributed by atoms with E-state index in [1.165, 1.54) is 36.2 Å². The third-order valence-electron chi connectivity index (χ3n) is 3.24. The first-order valence-electron chi connectivity index (χ1n) is 5.64. The molecule has 1 nitrogen and oxygen atoms in total. The first kappa shape index (κ1) is 11.0. The van der Waals surface area contributed by atoms with E-state index in [1.807, 2.05) is 0 Å². The molecule has 0 bridgehead atoms. The van der Waals surface area contributed by atoms with Crippen LogP contribution in [0.5, 0.6) is 0 Å². The largest absolute Gasteiger partial charge is 0.369 e. The summed E-state index contributed by atoms with van der Waals surface area (Å²) in [6.07, 6.45) is 2.66. The molecule has 0 N–H and O–H groups in total. The van der Waals surface area contributed by atoms with Gasteiger partial charge >= 0.3 is 0 Å². The molecule has 0 radical (unpaired) electrons. The normalized spacial score (nSPS) is 21.0. The van der Waals surface area contributed by atoms with Gasteiger partial charge in [0.15, 0.2) is 0 Å². The van der Waals surface area contributed by atoms with Crippen molar-refractivity contribution in [3.8, 4) is 0 Å². The number of rotatable bonds is 2. The summed E-state index contributed by atoms with van der Waals surface area (Å²) in [5, 5.41) is 0.952. The number of nitrogens with zero attached hydrogens (tertiary/aromatic N) is 1. The zero-order valence-corrected chi connectivity index (χ0v) is 11.0. The maximum atomic E-state index is 3.58. The molecule has 0 saturated carbocycles. The third kappa shape index (κ3) is 2.20. The average Bonchev–Trinajstić information content (AvgIpc) is 2.64. The standard InChI is InChI=1S/C13H18BrN/c1-10-5-6-13(12(8-10)9-14)15-7-3-4-11(15)2/h5-6,8,11H,3-4,7,9H2,1-2H3. The van der Waals surface area contributed by atoms with E-state index in [0.29, 0.717) is 6.04 Å². The molecule has 1 aromatic rings. The van der Waals surface area contributed by atoms with Gasteiger partial charge in [-0.25, -0.2) is 0 Å². The van der Waals surface area contributed by atoms with Gasteiger partial charge in [-0.05, 0) is 38.3 Å². The molecule has 1 aromatic carbocycles. The third-order valence-corrected chi connectivity index (χ3v) is 3.85. The highest BCUT2D eigenvalue weighted by molar-refractivity contribution is 9.08. The van der Waals surface area contributed by atoms with Gasteiger partial charge < -0.3 is 4.90 Å². The summed E-state index contributed by atoms with van der Waals surface area (Å²) in [5.74, 6) is 0. The van der Waals surface area contributed by atoms with E-state index < -0.39 is 0 Å². The average molecular weight is 268 g/mol. The Morgan fingerprint density at radius 1 is 1.47 bits per heavy atom. The molecule has 1 atom stereocenters. The molecule has 0 aliphatic carbocycles. The van der Waals surface area contributed by atoms with E-state index in [0.717, 1.165) is 5.33 Å². The van der Waals surface area contributed by atoms with Crippen LogP contribution in [-0.2, 0) is 5.33 Å². The fourth-order valence-electron chi connectivity index (χ4n) is 2.39. The first-order valence-corrected chi connectivity index (χ1v) is 6.76. The molecule has 2 rings (SSSR count). The van der Waals surface area contributed by atoms with E-state index in [9.17, 15) is 0 Å². The Hall–Kier alpha value is -0.500. The molecule has 15 heavy (non-hydrogen) atoms. The SMILES string of the molecule is Cc1ccc(N2CCCC2C)c(CBr)c1. The smallest absolute Gasteiger partial charge is 0.0409 e. The summed E-state index contributed by atoms with van der Waals surface area (Å²) in [7, 11) is 0. The maximum absolute atomic E-state index is 3.58. The Kier molecular flexibility index (Phi) is 3.35. The molecule has 82 valence electrons. The van der Waals surface area contributed by atoms with Crippen molar-refractivity contribution in [1.82, 2.24) is 0 Å². The predicted molar refractivity (Wildman–Crippen MR) is 69.9 cm³/mol. The van der Waals surface area contributed by atoms with Crippen molar-refractivity contribution in [3.63, 3.8) is 0 Å². The van der Waals surface area contributed by atoms with Crippen molar-refractivity contribution in [2.45, 2.75) is 38.1 Å². The van der Waals surface area contributed by atoms with Crippen LogP contribution in [0.4, 0.5) is 5.69 Å². The number of anilines is 1. The lowest BCUT2D eigenvalue weighted by molar-refractivity contribution is 0.733. The number of aryl methyl sites for hydroxylation is 1. The monoisotopic (exact) mass is 267 g/mol. The van der Waals surface area contributed by atoms with Gasteiger partial charge in [-0.1, -0.05) is 33.6 Å². The summed E-state index contributed by atoms with van der Waals surface area (Å²) < 4.78 is 0. The van der Waals surface area contributed by atoms with Crippen LogP contribution in [0.25, 0.3) is 0 Å². The van der Waals surface area contributed by atoms with E-state index in [4.69, 9.17) is 0 Å². The lowest BCUT2D eigenvalue weighted by Gasteiger charge is -2.26. The van der Waals surface area contributed by atoms with Crippen LogP contribution in [0.15, 0.2) is 18.2 Å². The molecule has 1 fully saturated rings. The van der Waals surface area contributed by atoms with Crippen molar-refractivity contribution >= 4 is 21.6 Å². The van der Waals surface area contributed by atoms with Gasteiger partial charge in [-0.15, -0.1) is 0 Å². The summed E-state index contributed by atoms with van der Waals surface area (Å²) in [5.41, 5.74) is 4.19. The van der Waals surface area contributed by atoms with Gasteiger partial charge in [0.2, 0.25) is 0 Å². The Morgan fingerprint density at radius 3 is 2.87 bits per heavy atom. The number of alkyl halides is 1. The minimum absolute atomic E-state index is 0.700. The number of hydrogen-bond acceptors (Lipinski definition) is 1. The molecule has 1 aliphatic heterocycles. The van der Waals surface area contributed by atoms with Gasteiger partial charge in [-0.3, -0.25) is 0 Å². The van der Waals surface area contributed by atoms with Crippen molar-refractivity contribution in [3.05, 3.63) is 29.3 Å². The number of hydrogen-bond donors (Lipinski definition) is 0. The van der Waals surface area contributed by atoms with Crippen LogP contribution < -0.4 is 4.90 Å². The van der Waals surface area contributed by atoms with Gasteiger partial charge in [0, 0.05) is 23.6 Å². The van der Waals surface area contributed by atoms with Crippen LogP contribution in [0.1, 0.15) is 30.9 Å². The minimum atomic E-state index is 0.700. The quantitative estimate of drug-likeness (QED) is 0.736. The lowest BCUT2D eigenvalue weighted by atomic mass is 10.1. The fourth-order valence-corrected chi connectivity index (χ4v) is 2.84. The van der Waals surface area contributed by atoms with E-state index in [1.54, 1.807) is 0 Å². The Labute approximate surface area is 101 Å². The second kappa shape index (κ2) is 4.56. The second-order valence-electron chi connectivity index (χ2n) is 4.45. The van der Waals surface area contributed by atoms with Crippen molar-refractivity contribution in [2.75, 3.05) is 11.4 Å². The van der Waals surface area contributed by atoms with Crippen LogP contribution in [0.2, 0.25) is 0 Å². The molecule has 2 heteroatoms. The molecule has 0 amide bonds. The van der Waals surface area contributed by atoms with E-state index in [2.05, 4.69) is 52.9 Å². The zero-order chi connectivity index (χ0) is 10.8. The summed E-state index contributed by atoms with van der Waals surface area (Å²) >= 11 is 3.58. The minimum Gasteiger partial charge on any atom is -0.369 e. The van der Waals surface area contributed by atoms with Gasteiger partial charge in [-0.2, -0.15) is 0 Å². The topological polar surface area (TPSA) is 3.24 Å². The Morgan fingerprint density at radius 2 is 2.27 bits per heavy atom. The van der Waals surface area contributed by atoms with Crippen molar-refractivity contribution in [1.29, 1.82) is 0 Å². The van der Waals surface area contributed by atoms with Gasteiger partial charge in [0.25, 0.3) is 0 Å². The second-order valence-corrected chi connectivity index (χ2v) is 5.01. The molecular formula is C13H18BrN. The highest BCUT2D eigenvalue weighted by Crippen LogP contribution is 2.30. The number of benzene rings is 1. The van der Waals surface area contributed by atoms with Crippen molar-refractivity contribution < 1.29 is 0 Å². The molecule has 0 aromatic heterocycles. The Bertz CT molecular complexity index is 348. The molecule has 1 aliphatic rings. The summed E-state index contributed by atoms with van der Waals surface area (Å²) in [6, 6.07) is 7.47. The van der Waals surface area contributed by atoms with E-state index in [-0.39, 0.29) is 0 Å². The predicted octanol–water partition coefficient (Wildman–Crippen LogP) is 3.88. The van der Waals surface area contributed by atoms with Crippen LogP contribution in [0.3, 0.4) is 0 Å². The van der Waals surface area contributed by atoms with Crippen LogP contribution >= 0.6 is 15.9 Å². The highest BCUT2D eigenvalue weighted by Gasteiger charge is 2.22. The molecule has 1 heterocycles.